The zero-order chi connectivity index (χ0) is 19.2. The first-order chi connectivity index (χ1) is 12.8. The van der Waals surface area contributed by atoms with Crippen molar-refractivity contribution in [3.05, 3.63) is 64.1 Å². The zero-order valence-electron chi connectivity index (χ0n) is 14.7. The van der Waals surface area contributed by atoms with Crippen LogP contribution in [0, 0.1) is 0 Å². The number of rotatable bonds is 3. The minimum absolute atomic E-state index is 0.202. The van der Waals surface area contributed by atoms with E-state index in [1.807, 2.05) is 36.2 Å². The predicted octanol–water partition coefficient (Wildman–Crippen LogP) is 1.25. The van der Waals surface area contributed by atoms with Crippen LogP contribution in [0.5, 0.6) is 0 Å². The number of H-pyrrole nitrogens is 1. The lowest BCUT2D eigenvalue weighted by molar-refractivity contribution is 0.392. The van der Waals surface area contributed by atoms with E-state index in [4.69, 9.17) is 5.14 Å². The SMILES string of the molecule is CN(c1ccc2c(c1)CN(S(N)(=O)=O)CC2)c1ccnc2[nH]c(=O)ccc12. The number of fused-ring (bicyclic) bond motifs is 2. The summed E-state index contributed by atoms with van der Waals surface area (Å²) in [4.78, 5) is 20.5. The molecule has 1 aliphatic heterocycles. The van der Waals surface area contributed by atoms with Crippen molar-refractivity contribution in [2.75, 3.05) is 18.5 Å². The summed E-state index contributed by atoms with van der Waals surface area (Å²) in [6.45, 7) is 0.656. The van der Waals surface area contributed by atoms with Gasteiger partial charge < -0.3 is 9.88 Å². The van der Waals surface area contributed by atoms with Crippen LogP contribution in [-0.4, -0.2) is 36.3 Å². The van der Waals surface area contributed by atoms with Crippen LogP contribution in [0.1, 0.15) is 11.1 Å². The molecule has 8 nitrogen and oxygen atoms in total. The van der Waals surface area contributed by atoms with E-state index in [1.165, 1.54) is 10.4 Å². The molecule has 9 heteroatoms. The van der Waals surface area contributed by atoms with E-state index < -0.39 is 10.2 Å². The fourth-order valence-electron chi connectivity index (χ4n) is 3.42. The van der Waals surface area contributed by atoms with Gasteiger partial charge in [0.15, 0.2) is 0 Å². The highest BCUT2D eigenvalue weighted by atomic mass is 32.2. The van der Waals surface area contributed by atoms with E-state index in [0.29, 0.717) is 18.6 Å². The van der Waals surface area contributed by atoms with E-state index in [1.54, 1.807) is 12.3 Å². The molecular formula is C18H19N5O3S. The molecule has 140 valence electrons. The number of nitrogens with two attached hydrogens (primary N) is 1. The lowest BCUT2D eigenvalue weighted by Gasteiger charge is -2.28. The molecule has 27 heavy (non-hydrogen) atoms. The fraction of sp³-hybridized carbons (Fsp3) is 0.222. The molecule has 3 aromatic rings. The first kappa shape index (κ1) is 17.7. The van der Waals surface area contributed by atoms with Gasteiger partial charge in [0.05, 0.1) is 5.69 Å². The molecule has 0 saturated carbocycles. The molecular weight excluding hydrogens is 366 g/mol. The monoisotopic (exact) mass is 385 g/mol. The van der Waals surface area contributed by atoms with Gasteiger partial charge in [-0.1, -0.05) is 6.07 Å². The van der Waals surface area contributed by atoms with Crippen molar-refractivity contribution in [3.8, 4) is 0 Å². The number of benzene rings is 1. The van der Waals surface area contributed by atoms with Crippen molar-refractivity contribution in [1.82, 2.24) is 14.3 Å². The van der Waals surface area contributed by atoms with E-state index in [2.05, 4.69) is 9.97 Å². The van der Waals surface area contributed by atoms with Gasteiger partial charge in [0.25, 0.3) is 10.2 Å². The number of nitrogens with zero attached hydrogens (tertiary/aromatic N) is 3. The summed E-state index contributed by atoms with van der Waals surface area (Å²) >= 11 is 0. The zero-order valence-corrected chi connectivity index (χ0v) is 15.5. The molecule has 0 atom stereocenters. The second-order valence-corrected chi connectivity index (χ2v) is 8.10. The Morgan fingerprint density at radius 1 is 1.19 bits per heavy atom. The van der Waals surface area contributed by atoms with Crippen LogP contribution in [0.15, 0.2) is 47.4 Å². The second kappa shape index (κ2) is 6.45. The molecule has 0 amide bonds. The summed E-state index contributed by atoms with van der Waals surface area (Å²) in [6, 6.07) is 11.1. The lowest BCUT2D eigenvalue weighted by Crippen LogP contribution is -2.40. The standard InChI is InChI=1S/C18H19N5O3S/c1-22(16-6-8-20-18-15(16)4-5-17(24)21-18)14-3-2-12-7-9-23(27(19,25)26)11-13(12)10-14/h2-6,8,10H,7,9,11H2,1H3,(H2,19,25,26)(H,20,21,24). The van der Waals surface area contributed by atoms with E-state index in [0.717, 1.165) is 27.9 Å². The summed E-state index contributed by atoms with van der Waals surface area (Å²) in [7, 11) is -1.79. The van der Waals surface area contributed by atoms with Gasteiger partial charge in [-0.2, -0.15) is 12.7 Å². The number of aromatic amines is 1. The number of anilines is 2. The molecule has 4 rings (SSSR count). The highest BCUT2D eigenvalue weighted by molar-refractivity contribution is 7.86. The molecule has 2 aromatic heterocycles. The van der Waals surface area contributed by atoms with Crippen molar-refractivity contribution in [2.24, 2.45) is 5.14 Å². The van der Waals surface area contributed by atoms with Crippen molar-refractivity contribution < 1.29 is 8.42 Å². The summed E-state index contributed by atoms with van der Waals surface area (Å²) in [5.41, 5.74) is 4.17. The van der Waals surface area contributed by atoms with Gasteiger partial charge in [-0.3, -0.25) is 4.79 Å². The Kier molecular flexibility index (Phi) is 4.22. The van der Waals surface area contributed by atoms with E-state index in [-0.39, 0.29) is 12.1 Å². The van der Waals surface area contributed by atoms with Crippen molar-refractivity contribution in [1.29, 1.82) is 0 Å². The maximum atomic E-state index is 11.7. The minimum atomic E-state index is -3.71. The van der Waals surface area contributed by atoms with Crippen LogP contribution in [0.2, 0.25) is 0 Å². The quantitative estimate of drug-likeness (QED) is 0.705. The fourth-order valence-corrected chi connectivity index (χ4v) is 4.08. The Labute approximate surface area is 156 Å². The Bertz CT molecular complexity index is 1190. The third kappa shape index (κ3) is 3.32. The maximum Gasteiger partial charge on any atom is 0.277 e. The van der Waals surface area contributed by atoms with Crippen LogP contribution in [-0.2, 0) is 23.2 Å². The molecule has 0 unspecified atom stereocenters. The molecule has 1 aromatic carbocycles. The highest BCUT2D eigenvalue weighted by Gasteiger charge is 2.24. The Morgan fingerprint density at radius 3 is 2.78 bits per heavy atom. The van der Waals surface area contributed by atoms with Crippen molar-refractivity contribution >= 4 is 32.6 Å². The van der Waals surface area contributed by atoms with Gasteiger partial charge in [-0.25, -0.2) is 10.1 Å². The molecule has 3 heterocycles. The average molecular weight is 385 g/mol. The van der Waals surface area contributed by atoms with Gasteiger partial charge in [-0.05, 0) is 41.8 Å². The Balaban J connectivity index is 1.74. The number of aromatic nitrogens is 2. The van der Waals surface area contributed by atoms with Crippen molar-refractivity contribution in [2.45, 2.75) is 13.0 Å². The molecule has 0 bridgehead atoms. The van der Waals surface area contributed by atoms with Gasteiger partial charge in [0.2, 0.25) is 5.56 Å². The van der Waals surface area contributed by atoms with Crippen LogP contribution in [0.25, 0.3) is 11.0 Å². The molecule has 3 N–H and O–H groups in total. The Morgan fingerprint density at radius 2 is 2.00 bits per heavy atom. The summed E-state index contributed by atoms with van der Waals surface area (Å²) in [5.74, 6) is 0. The van der Waals surface area contributed by atoms with Gasteiger partial charge in [0, 0.05) is 43.5 Å². The van der Waals surface area contributed by atoms with Crippen LogP contribution >= 0.6 is 0 Å². The third-order valence-corrected chi connectivity index (χ3v) is 5.92. The molecule has 0 spiro atoms. The first-order valence-electron chi connectivity index (χ1n) is 8.44. The second-order valence-electron chi connectivity index (χ2n) is 6.56. The maximum absolute atomic E-state index is 11.7. The van der Waals surface area contributed by atoms with Crippen LogP contribution in [0.3, 0.4) is 0 Å². The number of hydrogen-bond donors (Lipinski definition) is 2. The van der Waals surface area contributed by atoms with Crippen LogP contribution in [0.4, 0.5) is 11.4 Å². The number of hydrogen-bond acceptors (Lipinski definition) is 5. The van der Waals surface area contributed by atoms with Crippen LogP contribution < -0.4 is 15.6 Å². The third-order valence-electron chi connectivity index (χ3n) is 4.89. The van der Waals surface area contributed by atoms with Crippen molar-refractivity contribution in [3.63, 3.8) is 0 Å². The molecule has 0 fully saturated rings. The summed E-state index contributed by atoms with van der Waals surface area (Å²) in [6.07, 6.45) is 2.28. The molecule has 0 radical (unpaired) electrons. The number of pyridine rings is 2. The van der Waals surface area contributed by atoms with E-state index in [9.17, 15) is 13.2 Å². The Hall–Kier alpha value is -2.75. The summed E-state index contributed by atoms with van der Waals surface area (Å²) < 4.78 is 24.6. The smallest absolute Gasteiger partial charge is 0.277 e. The summed E-state index contributed by atoms with van der Waals surface area (Å²) in [5, 5.41) is 6.11. The minimum Gasteiger partial charge on any atom is -0.344 e. The normalized spacial score (nSPS) is 14.9. The molecule has 0 aliphatic carbocycles. The van der Waals surface area contributed by atoms with Gasteiger partial charge in [-0.15, -0.1) is 0 Å². The molecule has 0 saturated heterocycles. The lowest BCUT2D eigenvalue weighted by atomic mass is 10.00. The highest BCUT2D eigenvalue weighted by Crippen LogP contribution is 2.31. The number of nitrogens with one attached hydrogen (secondary N) is 1. The van der Waals surface area contributed by atoms with E-state index >= 15 is 0 Å². The average Bonchev–Trinajstić information content (AvgIpc) is 2.65. The topological polar surface area (TPSA) is 112 Å². The largest absolute Gasteiger partial charge is 0.344 e. The molecule has 1 aliphatic rings. The van der Waals surface area contributed by atoms with Gasteiger partial charge >= 0.3 is 0 Å². The predicted molar refractivity (Wildman–Crippen MR) is 104 cm³/mol. The first-order valence-corrected chi connectivity index (χ1v) is 9.95. The van der Waals surface area contributed by atoms with Gasteiger partial charge in [0.1, 0.15) is 5.65 Å².